The molecule has 0 aromatic heterocycles. The average Bonchev–Trinajstić information content (AvgIpc) is 2.52. The maximum atomic E-state index is 12.9. The third-order valence-electron chi connectivity index (χ3n) is 3.53. The number of ether oxygens (including phenoxy) is 1. The Morgan fingerprint density at radius 3 is 2.57 bits per heavy atom. The first-order valence-corrected chi connectivity index (χ1v) is 7.31. The van der Waals surface area contributed by atoms with Crippen molar-refractivity contribution in [2.24, 2.45) is 0 Å². The summed E-state index contributed by atoms with van der Waals surface area (Å²) >= 11 is 0. The van der Waals surface area contributed by atoms with Gasteiger partial charge < -0.3 is 9.84 Å². The molecule has 23 heavy (non-hydrogen) atoms. The van der Waals surface area contributed by atoms with Gasteiger partial charge in [0.25, 0.3) is 0 Å². The van der Waals surface area contributed by atoms with Crippen molar-refractivity contribution in [3.05, 3.63) is 65.0 Å². The molecule has 0 amide bonds. The fourth-order valence-electron chi connectivity index (χ4n) is 2.28. The van der Waals surface area contributed by atoms with E-state index in [1.807, 2.05) is 18.2 Å². The van der Waals surface area contributed by atoms with Gasteiger partial charge in [0.15, 0.2) is 5.78 Å². The van der Waals surface area contributed by atoms with E-state index in [1.165, 1.54) is 12.1 Å². The predicted octanol–water partition coefficient (Wildman–Crippen LogP) is 4.56. The Kier molecular flexibility index (Phi) is 5.16. The molecule has 2 aromatic rings. The first kappa shape index (κ1) is 16.7. The molecule has 2 rings (SSSR count). The highest BCUT2D eigenvalue weighted by atomic mass is 19.1. The minimum atomic E-state index is -0.586. The Labute approximate surface area is 135 Å². The van der Waals surface area contributed by atoms with Crippen LogP contribution in [0.5, 0.6) is 11.5 Å². The largest absolute Gasteiger partial charge is 0.507 e. The van der Waals surface area contributed by atoms with Gasteiger partial charge in [0.2, 0.25) is 0 Å². The molecule has 120 valence electrons. The maximum absolute atomic E-state index is 12.9. The molecule has 3 nitrogen and oxygen atoms in total. The summed E-state index contributed by atoms with van der Waals surface area (Å²) in [5.74, 6) is -0.251. The Bertz CT molecular complexity index is 748. The second kappa shape index (κ2) is 7.09. The van der Waals surface area contributed by atoms with Crippen molar-refractivity contribution in [2.45, 2.75) is 19.8 Å². The number of rotatable bonds is 5. The molecule has 4 heteroatoms. The number of ketones is 1. The van der Waals surface area contributed by atoms with E-state index in [9.17, 15) is 14.3 Å². The van der Waals surface area contributed by atoms with E-state index in [4.69, 9.17) is 4.74 Å². The Balaban J connectivity index is 2.24. The standard InChI is InChI=1S/C19H19FO3/c1-12(2)15-7-4-13(10-19(15)23-3)5-9-17(21)16-8-6-14(20)11-18(16)22/h4-12,22H,1-3H3/b9-5+. The minimum Gasteiger partial charge on any atom is -0.507 e. The number of halogens is 1. The summed E-state index contributed by atoms with van der Waals surface area (Å²) in [6.45, 7) is 4.16. The summed E-state index contributed by atoms with van der Waals surface area (Å²) < 4.78 is 18.3. The lowest BCUT2D eigenvalue weighted by Gasteiger charge is -2.12. The molecule has 0 saturated carbocycles. The number of carbonyl (C=O) groups is 1. The summed E-state index contributed by atoms with van der Waals surface area (Å²) in [5, 5.41) is 9.62. The van der Waals surface area contributed by atoms with Gasteiger partial charge in [-0.2, -0.15) is 0 Å². The normalized spacial score (nSPS) is 11.2. The Hall–Kier alpha value is -2.62. The number of carbonyl (C=O) groups excluding carboxylic acids is 1. The van der Waals surface area contributed by atoms with E-state index in [1.54, 1.807) is 13.2 Å². The molecule has 1 N–H and O–H groups in total. The van der Waals surface area contributed by atoms with Crippen LogP contribution < -0.4 is 4.74 Å². The zero-order chi connectivity index (χ0) is 17.0. The van der Waals surface area contributed by atoms with Crippen LogP contribution in [0.25, 0.3) is 6.08 Å². The first-order valence-electron chi connectivity index (χ1n) is 7.31. The van der Waals surface area contributed by atoms with Crippen LogP contribution in [-0.4, -0.2) is 18.0 Å². The lowest BCUT2D eigenvalue weighted by molar-refractivity contribution is 0.104. The number of hydrogen-bond acceptors (Lipinski definition) is 3. The lowest BCUT2D eigenvalue weighted by Crippen LogP contribution is -1.96. The van der Waals surface area contributed by atoms with E-state index in [2.05, 4.69) is 13.8 Å². The maximum Gasteiger partial charge on any atom is 0.189 e. The summed E-state index contributed by atoms with van der Waals surface area (Å²) in [6.07, 6.45) is 2.98. The highest BCUT2D eigenvalue weighted by Gasteiger charge is 2.10. The van der Waals surface area contributed by atoms with Gasteiger partial charge in [-0.3, -0.25) is 4.79 Å². The van der Waals surface area contributed by atoms with Crippen molar-refractivity contribution in [1.82, 2.24) is 0 Å². The van der Waals surface area contributed by atoms with Crippen LogP contribution in [0, 0.1) is 5.82 Å². The third-order valence-corrected chi connectivity index (χ3v) is 3.53. The smallest absolute Gasteiger partial charge is 0.189 e. The van der Waals surface area contributed by atoms with Crippen LogP contribution >= 0.6 is 0 Å². The van der Waals surface area contributed by atoms with Crippen molar-refractivity contribution in [3.63, 3.8) is 0 Å². The van der Waals surface area contributed by atoms with Crippen molar-refractivity contribution in [2.75, 3.05) is 7.11 Å². The quantitative estimate of drug-likeness (QED) is 0.650. The van der Waals surface area contributed by atoms with Crippen molar-refractivity contribution < 1.29 is 19.0 Å². The highest BCUT2D eigenvalue weighted by Crippen LogP contribution is 2.28. The summed E-state index contributed by atoms with van der Waals surface area (Å²) in [4.78, 5) is 12.1. The molecule has 0 aliphatic rings. The molecular formula is C19H19FO3. The van der Waals surface area contributed by atoms with Gasteiger partial charge in [0.05, 0.1) is 12.7 Å². The van der Waals surface area contributed by atoms with Gasteiger partial charge in [-0.15, -0.1) is 0 Å². The van der Waals surface area contributed by atoms with Crippen molar-refractivity contribution in [1.29, 1.82) is 0 Å². The van der Waals surface area contributed by atoms with E-state index in [0.29, 0.717) is 5.92 Å². The highest BCUT2D eigenvalue weighted by molar-refractivity contribution is 6.08. The number of allylic oxidation sites excluding steroid dienone is 1. The Morgan fingerprint density at radius 2 is 1.96 bits per heavy atom. The first-order chi connectivity index (χ1) is 10.9. The number of methoxy groups -OCH3 is 1. The predicted molar refractivity (Wildman–Crippen MR) is 88.5 cm³/mol. The summed E-state index contributed by atoms with van der Waals surface area (Å²) in [5.41, 5.74) is 1.96. The van der Waals surface area contributed by atoms with Crippen LogP contribution in [0.2, 0.25) is 0 Å². The molecule has 2 aromatic carbocycles. The summed E-state index contributed by atoms with van der Waals surface area (Å²) in [6, 6.07) is 9.03. The van der Waals surface area contributed by atoms with Gasteiger partial charge in [0.1, 0.15) is 17.3 Å². The van der Waals surface area contributed by atoms with Crippen LogP contribution in [-0.2, 0) is 0 Å². The number of benzene rings is 2. The molecule has 0 aliphatic carbocycles. The zero-order valence-corrected chi connectivity index (χ0v) is 13.3. The lowest BCUT2D eigenvalue weighted by atomic mass is 10.00. The van der Waals surface area contributed by atoms with Crippen LogP contribution in [0.15, 0.2) is 42.5 Å². The molecule has 0 heterocycles. The van der Waals surface area contributed by atoms with Crippen LogP contribution in [0.1, 0.15) is 41.3 Å². The summed E-state index contributed by atoms with van der Waals surface area (Å²) in [7, 11) is 1.61. The molecule has 0 radical (unpaired) electrons. The van der Waals surface area contributed by atoms with E-state index in [0.717, 1.165) is 29.0 Å². The second-order valence-electron chi connectivity index (χ2n) is 5.52. The molecule has 0 fully saturated rings. The molecule has 0 atom stereocenters. The third kappa shape index (κ3) is 3.97. The Morgan fingerprint density at radius 1 is 1.22 bits per heavy atom. The van der Waals surface area contributed by atoms with Gasteiger partial charge in [-0.25, -0.2) is 4.39 Å². The topological polar surface area (TPSA) is 46.5 Å². The van der Waals surface area contributed by atoms with E-state index in [-0.39, 0.29) is 11.3 Å². The van der Waals surface area contributed by atoms with Crippen LogP contribution in [0.3, 0.4) is 0 Å². The van der Waals surface area contributed by atoms with E-state index >= 15 is 0 Å². The average molecular weight is 314 g/mol. The minimum absolute atomic E-state index is 0.0633. The fraction of sp³-hybridized carbons (Fsp3) is 0.211. The van der Waals surface area contributed by atoms with Crippen molar-refractivity contribution in [3.8, 4) is 11.5 Å². The fourth-order valence-corrected chi connectivity index (χ4v) is 2.28. The van der Waals surface area contributed by atoms with Gasteiger partial charge >= 0.3 is 0 Å². The number of phenolic OH excluding ortho intramolecular Hbond substituents is 1. The van der Waals surface area contributed by atoms with Gasteiger partial charge in [0, 0.05) is 6.07 Å². The van der Waals surface area contributed by atoms with Crippen molar-refractivity contribution >= 4 is 11.9 Å². The van der Waals surface area contributed by atoms with Gasteiger partial charge in [-0.05, 0) is 41.3 Å². The number of aromatic hydroxyl groups is 1. The molecule has 0 aliphatic heterocycles. The molecule has 0 bridgehead atoms. The van der Waals surface area contributed by atoms with Gasteiger partial charge in [-0.1, -0.05) is 32.1 Å². The number of hydrogen-bond donors (Lipinski definition) is 1. The molecule has 0 unspecified atom stereocenters. The monoisotopic (exact) mass is 314 g/mol. The number of phenols is 1. The molecule has 0 saturated heterocycles. The molecule has 0 spiro atoms. The molecular weight excluding hydrogens is 295 g/mol. The van der Waals surface area contributed by atoms with Crippen LogP contribution in [0.4, 0.5) is 4.39 Å². The second-order valence-corrected chi connectivity index (χ2v) is 5.52. The SMILES string of the molecule is COc1cc(/C=C/C(=O)c2ccc(F)cc2O)ccc1C(C)C. The van der Waals surface area contributed by atoms with E-state index < -0.39 is 11.6 Å². The zero-order valence-electron chi connectivity index (χ0n) is 13.3.